The van der Waals surface area contributed by atoms with Crippen molar-refractivity contribution >= 4 is 5.91 Å². The predicted molar refractivity (Wildman–Crippen MR) is 69.5 cm³/mol. The van der Waals surface area contributed by atoms with Gasteiger partial charge in [-0.3, -0.25) is 4.79 Å². The van der Waals surface area contributed by atoms with Gasteiger partial charge in [0.25, 0.3) is 0 Å². The highest BCUT2D eigenvalue weighted by Crippen LogP contribution is 2.31. The number of carbonyl (C=O) groups excluding carboxylic acids is 1. The molecule has 2 nitrogen and oxygen atoms in total. The fourth-order valence-electron chi connectivity index (χ4n) is 2.49. The lowest BCUT2D eigenvalue weighted by Gasteiger charge is -2.25. The topological polar surface area (TPSA) is 20.3 Å². The highest BCUT2D eigenvalue weighted by Gasteiger charge is 2.34. The summed E-state index contributed by atoms with van der Waals surface area (Å²) in [5.74, 6) is 1.42. The number of likely N-dealkylation sites (tertiary alicyclic amines) is 1. The average molecular weight is 231 g/mol. The van der Waals surface area contributed by atoms with Crippen LogP contribution in [0.15, 0.2) is 30.3 Å². The monoisotopic (exact) mass is 231 g/mol. The van der Waals surface area contributed by atoms with E-state index >= 15 is 0 Å². The van der Waals surface area contributed by atoms with Gasteiger partial charge in [0.15, 0.2) is 0 Å². The molecule has 1 fully saturated rings. The summed E-state index contributed by atoms with van der Waals surface area (Å²) < 4.78 is 0. The smallest absolute Gasteiger partial charge is 0.223 e. The van der Waals surface area contributed by atoms with Gasteiger partial charge in [-0.2, -0.15) is 0 Å². The molecule has 0 bridgehead atoms. The number of carbonyl (C=O) groups is 1. The molecule has 2 heteroatoms. The third-order valence-corrected chi connectivity index (χ3v) is 3.88. The van der Waals surface area contributed by atoms with Crippen molar-refractivity contribution in [3.63, 3.8) is 0 Å². The lowest BCUT2D eigenvalue weighted by atomic mass is 9.95. The van der Waals surface area contributed by atoms with Crippen LogP contribution in [0.3, 0.4) is 0 Å². The van der Waals surface area contributed by atoms with Crippen molar-refractivity contribution in [1.82, 2.24) is 4.90 Å². The minimum absolute atomic E-state index is 0.201. The molecule has 1 unspecified atom stereocenters. The fraction of sp³-hybridized carbons (Fsp3) is 0.533. The van der Waals surface area contributed by atoms with Gasteiger partial charge in [-0.05, 0) is 24.3 Å². The van der Waals surface area contributed by atoms with Crippen LogP contribution in [-0.4, -0.2) is 17.4 Å². The fourth-order valence-corrected chi connectivity index (χ4v) is 2.49. The summed E-state index contributed by atoms with van der Waals surface area (Å²) in [7, 11) is 0. The van der Waals surface area contributed by atoms with Crippen molar-refractivity contribution in [2.24, 2.45) is 11.8 Å². The molecule has 0 N–H and O–H groups in total. The first-order chi connectivity index (χ1) is 8.09. The highest BCUT2D eigenvalue weighted by atomic mass is 16.2. The maximum atomic E-state index is 12.0. The van der Waals surface area contributed by atoms with Crippen LogP contribution >= 0.6 is 0 Å². The molecular weight excluding hydrogens is 210 g/mol. The van der Waals surface area contributed by atoms with Crippen LogP contribution in [0.5, 0.6) is 0 Å². The van der Waals surface area contributed by atoms with Crippen LogP contribution in [0.1, 0.15) is 38.8 Å². The summed E-state index contributed by atoms with van der Waals surface area (Å²) in [4.78, 5) is 14.1. The van der Waals surface area contributed by atoms with E-state index in [-0.39, 0.29) is 6.04 Å². The minimum atomic E-state index is 0.201. The Morgan fingerprint density at radius 3 is 2.35 bits per heavy atom. The second-order valence-electron chi connectivity index (χ2n) is 5.34. The molecule has 2 rings (SSSR count). The molecule has 1 aliphatic rings. The van der Waals surface area contributed by atoms with Crippen LogP contribution in [0, 0.1) is 11.8 Å². The van der Waals surface area contributed by atoms with E-state index in [2.05, 4.69) is 32.9 Å². The summed E-state index contributed by atoms with van der Waals surface area (Å²) in [6.45, 7) is 7.44. The molecular formula is C15H21NO. The van der Waals surface area contributed by atoms with Crippen LogP contribution < -0.4 is 0 Å². The second kappa shape index (κ2) is 4.91. The van der Waals surface area contributed by atoms with E-state index in [9.17, 15) is 4.79 Å². The number of nitrogens with zero attached hydrogens (tertiary/aromatic N) is 1. The van der Waals surface area contributed by atoms with Crippen molar-refractivity contribution in [1.29, 1.82) is 0 Å². The van der Waals surface area contributed by atoms with Crippen molar-refractivity contribution in [2.45, 2.75) is 33.2 Å². The number of benzene rings is 1. The van der Waals surface area contributed by atoms with E-state index in [1.165, 1.54) is 5.56 Å². The Kier molecular flexibility index (Phi) is 3.51. The summed E-state index contributed by atoms with van der Waals surface area (Å²) in [5.41, 5.74) is 1.23. The number of amides is 1. The molecule has 1 aliphatic heterocycles. The summed E-state index contributed by atoms with van der Waals surface area (Å²) >= 11 is 0. The maximum Gasteiger partial charge on any atom is 0.223 e. The van der Waals surface area contributed by atoms with Crippen molar-refractivity contribution < 1.29 is 4.79 Å². The number of hydrogen-bond acceptors (Lipinski definition) is 1. The molecule has 1 aromatic carbocycles. The summed E-state index contributed by atoms with van der Waals surface area (Å²) in [6.07, 6.45) is 0.717. The zero-order valence-corrected chi connectivity index (χ0v) is 10.9. The van der Waals surface area contributed by atoms with Gasteiger partial charge < -0.3 is 4.90 Å². The molecule has 17 heavy (non-hydrogen) atoms. The first-order valence-electron chi connectivity index (χ1n) is 6.44. The van der Waals surface area contributed by atoms with E-state index in [0.717, 1.165) is 13.0 Å². The molecule has 0 aliphatic carbocycles. The zero-order chi connectivity index (χ0) is 12.4. The SMILES string of the molecule is CC(C)C1CC(=O)N([C@H](C)c2ccccc2)C1. The van der Waals surface area contributed by atoms with Crippen molar-refractivity contribution in [2.75, 3.05) is 6.54 Å². The molecule has 92 valence electrons. The Bertz CT molecular complexity index is 385. The van der Waals surface area contributed by atoms with Gasteiger partial charge in [0.2, 0.25) is 5.91 Å². The largest absolute Gasteiger partial charge is 0.336 e. The van der Waals surface area contributed by atoms with E-state index < -0.39 is 0 Å². The van der Waals surface area contributed by atoms with Crippen LogP contribution in [-0.2, 0) is 4.79 Å². The van der Waals surface area contributed by atoms with Crippen molar-refractivity contribution in [3.05, 3.63) is 35.9 Å². The van der Waals surface area contributed by atoms with E-state index in [1.54, 1.807) is 0 Å². The minimum Gasteiger partial charge on any atom is -0.336 e. The van der Waals surface area contributed by atoms with Crippen LogP contribution in [0.4, 0.5) is 0 Å². The predicted octanol–water partition coefficient (Wildman–Crippen LogP) is 3.25. The third-order valence-electron chi connectivity index (χ3n) is 3.88. The Labute approximate surface area is 104 Å². The first kappa shape index (κ1) is 12.2. The van der Waals surface area contributed by atoms with Crippen LogP contribution in [0.25, 0.3) is 0 Å². The normalized spacial score (nSPS) is 22.2. The summed E-state index contributed by atoms with van der Waals surface area (Å²) in [6, 6.07) is 10.5. The Hall–Kier alpha value is -1.31. The number of rotatable bonds is 3. The van der Waals surface area contributed by atoms with Gasteiger partial charge in [0.1, 0.15) is 0 Å². The molecule has 1 saturated heterocycles. The Morgan fingerprint density at radius 2 is 1.82 bits per heavy atom. The van der Waals surface area contributed by atoms with Crippen LogP contribution in [0.2, 0.25) is 0 Å². The molecule has 0 radical (unpaired) electrons. The molecule has 1 heterocycles. The van der Waals surface area contributed by atoms with Gasteiger partial charge in [0, 0.05) is 13.0 Å². The lowest BCUT2D eigenvalue weighted by Crippen LogP contribution is -2.28. The van der Waals surface area contributed by atoms with Gasteiger partial charge in [0.05, 0.1) is 6.04 Å². The van der Waals surface area contributed by atoms with Gasteiger partial charge in [-0.15, -0.1) is 0 Å². The number of hydrogen-bond donors (Lipinski definition) is 0. The van der Waals surface area contributed by atoms with E-state index in [4.69, 9.17) is 0 Å². The standard InChI is InChI=1S/C15H21NO/c1-11(2)14-9-15(17)16(10-14)12(3)13-7-5-4-6-8-13/h4-8,11-12,14H,9-10H2,1-3H3/t12-,14?/m1/s1. The van der Waals surface area contributed by atoms with Gasteiger partial charge in [-0.1, -0.05) is 44.2 Å². The molecule has 0 spiro atoms. The Balaban J connectivity index is 2.11. The molecule has 0 saturated carbocycles. The zero-order valence-electron chi connectivity index (χ0n) is 10.9. The highest BCUT2D eigenvalue weighted by molar-refractivity contribution is 5.79. The molecule has 1 aromatic rings. The Morgan fingerprint density at radius 1 is 1.18 bits per heavy atom. The van der Waals surface area contributed by atoms with E-state index in [0.29, 0.717) is 17.7 Å². The third kappa shape index (κ3) is 2.51. The maximum absolute atomic E-state index is 12.0. The quantitative estimate of drug-likeness (QED) is 0.782. The summed E-state index contributed by atoms with van der Waals surface area (Å²) in [5, 5.41) is 0. The van der Waals surface area contributed by atoms with Gasteiger partial charge in [-0.25, -0.2) is 0 Å². The van der Waals surface area contributed by atoms with Crippen molar-refractivity contribution in [3.8, 4) is 0 Å². The molecule has 2 atom stereocenters. The first-order valence-corrected chi connectivity index (χ1v) is 6.44. The lowest BCUT2D eigenvalue weighted by molar-refractivity contribution is -0.129. The second-order valence-corrected chi connectivity index (χ2v) is 5.34. The average Bonchev–Trinajstić information content (AvgIpc) is 2.72. The molecule has 0 aromatic heterocycles. The van der Waals surface area contributed by atoms with E-state index in [1.807, 2.05) is 23.1 Å². The van der Waals surface area contributed by atoms with Gasteiger partial charge >= 0.3 is 0 Å². The molecule has 1 amide bonds.